The van der Waals surface area contributed by atoms with Crippen molar-refractivity contribution in [1.82, 2.24) is 5.32 Å². The smallest absolute Gasteiger partial charge is 0.220 e. The predicted octanol–water partition coefficient (Wildman–Crippen LogP) is 4.82. The molecule has 14 heteroatoms. The van der Waals surface area contributed by atoms with Gasteiger partial charge in [0.1, 0.15) is 48.8 Å². The first-order valence-corrected chi connectivity index (χ1v) is 23.4. The summed E-state index contributed by atoms with van der Waals surface area (Å²) in [5.41, 5.74) is 0. The van der Waals surface area contributed by atoms with E-state index in [1.165, 1.54) is 89.9 Å². The van der Waals surface area contributed by atoms with E-state index in [1.807, 2.05) is 0 Å². The Balaban J connectivity index is 1.82. The third-order valence-electron chi connectivity index (χ3n) is 11.7. The molecule has 0 aliphatic carbocycles. The van der Waals surface area contributed by atoms with Crippen LogP contribution in [0.5, 0.6) is 0 Å². The fourth-order valence-electron chi connectivity index (χ4n) is 7.82. The molecule has 0 saturated carbocycles. The summed E-state index contributed by atoms with van der Waals surface area (Å²) in [7, 11) is 0. The van der Waals surface area contributed by atoms with Crippen molar-refractivity contribution in [1.29, 1.82) is 0 Å². The van der Waals surface area contributed by atoms with Crippen LogP contribution < -0.4 is 5.32 Å². The van der Waals surface area contributed by atoms with E-state index < -0.39 is 86.8 Å². The zero-order chi connectivity index (χ0) is 43.3. The summed E-state index contributed by atoms with van der Waals surface area (Å²) in [4.78, 5) is 13.1. The van der Waals surface area contributed by atoms with Gasteiger partial charge in [-0.05, 0) is 38.5 Å². The Kier molecular flexibility index (Phi) is 30.4. The minimum absolute atomic E-state index is 0.215. The molecule has 0 aromatic heterocycles. The number of unbranched alkanes of at least 4 members (excludes halogenated alkanes) is 20. The van der Waals surface area contributed by atoms with E-state index in [1.54, 1.807) is 0 Å². The van der Waals surface area contributed by atoms with Gasteiger partial charge in [-0.2, -0.15) is 0 Å². The highest BCUT2D eigenvalue weighted by atomic mass is 16.7. The van der Waals surface area contributed by atoms with Gasteiger partial charge in [-0.15, -0.1) is 0 Å². The number of amides is 1. The van der Waals surface area contributed by atoms with Crippen LogP contribution in [0.1, 0.15) is 174 Å². The minimum Gasteiger partial charge on any atom is -0.394 e. The predicted molar refractivity (Wildman–Crippen MR) is 226 cm³/mol. The number of aliphatic hydroxyl groups is 8. The topological polar surface area (TPSA) is 228 Å². The molecule has 0 bridgehead atoms. The number of nitrogens with one attached hydrogen (secondary N) is 1. The summed E-state index contributed by atoms with van der Waals surface area (Å²) in [5, 5.41) is 86.5. The van der Waals surface area contributed by atoms with E-state index >= 15 is 0 Å². The molecule has 14 nitrogen and oxygen atoms in total. The quantitative estimate of drug-likeness (QED) is 0.0308. The van der Waals surface area contributed by atoms with Gasteiger partial charge in [-0.25, -0.2) is 0 Å². The Labute approximate surface area is 355 Å². The van der Waals surface area contributed by atoms with Crippen molar-refractivity contribution < 1.29 is 64.6 Å². The van der Waals surface area contributed by atoms with Gasteiger partial charge in [0.2, 0.25) is 5.91 Å². The van der Waals surface area contributed by atoms with E-state index in [0.29, 0.717) is 12.8 Å². The minimum atomic E-state index is -1.78. The Hall–Kier alpha value is -1.27. The first-order valence-electron chi connectivity index (χ1n) is 23.4. The lowest BCUT2D eigenvalue weighted by Gasteiger charge is -2.46. The third kappa shape index (κ3) is 21.6. The average molecular weight is 848 g/mol. The normalized spacial score (nSPS) is 28.6. The molecule has 59 heavy (non-hydrogen) atoms. The Morgan fingerprint density at radius 3 is 1.61 bits per heavy atom. The van der Waals surface area contributed by atoms with Crippen LogP contribution in [0.2, 0.25) is 0 Å². The number of allylic oxidation sites excluding steroid dienone is 2. The number of rotatable bonds is 35. The van der Waals surface area contributed by atoms with E-state index in [4.69, 9.17) is 18.9 Å². The Morgan fingerprint density at radius 1 is 0.593 bits per heavy atom. The van der Waals surface area contributed by atoms with E-state index in [0.717, 1.165) is 57.8 Å². The summed E-state index contributed by atoms with van der Waals surface area (Å²) in [6, 6.07) is -0.824. The van der Waals surface area contributed by atoms with Gasteiger partial charge in [0.25, 0.3) is 0 Å². The van der Waals surface area contributed by atoms with Crippen molar-refractivity contribution in [2.24, 2.45) is 0 Å². The molecular formula is C45H85NO13. The van der Waals surface area contributed by atoms with Crippen LogP contribution in [0.3, 0.4) is 0 Å². The van der Waals surface area contributed by atoms with Gasteiger partial charge in [0, 0.05) is 6.42 Å². The van der Waals surface area contributed by atoms with E-state index in [-0.39, 0.29) is 12.5 Å². The maximum atomic E-state index is 13.1. The zero-order valence-electron chi connectivity index (χ0n) is 36.5. The molecule has 2 rings (SSSR count). The Morgan fingerprint density at radius 2 is 1.07 bits per heavy atom. The van der Waals surface area contributed by atoms with Crippen LogP contribution in [0.25, 0.3) is 0 Å². The van der Waals surface area contributed by atoms with Gasteiger partial charge in [0.15, 0.2) is 12.6 Å². The second-order valence-corrected chi connectivity index (χ2v) is 16.9. The van der Waals surface area contributed by atoms with Crippen LogP contribution in [0, 0.1) is 0 Å². The fraction of sp³-hybridized carbons (Fsp3) is 0.933. The molecule has 348 valence electrons. The highest BCUT2D eigenvalue weighted by Crippen LogP contribution is 2.30. The summed E-state index contributed by atoms with van der Waals surface area (Å²) >= 11 is 0. The first kappa shape index (κ1) is 53.9. The number of ether oxygens (including phenoxy) is 4. The lowest BCUT2D eigenvalue weighted by molar-refractivity contribution is -0.359. The highest BCUT2D eigenvalue weighted by Gasteiger charge is 2.51. The molecule has 1 amide bonds. The van der Waals surface area contributed by atoms with E-state index in [9.17, 15) is 45.6 Å². The van der Waals surface area contributed by atoms with Crippen LogP contribution in [0.4, 0.5) is 0 Å². The first-order chi connectivity index (χ1) is 28.6. The van der Waals surface area contributed by atoms with Crippen LogP contribution in [0.15, 0.2) is 12.2 Å². The maximum Gasteiger partial charge on any atom is 0.220 e. The molecule has 2 aliphatic heterocycles. The number of hydrogen-bond donors (Lipinski definition) is 9. The van der Waals surface area contributed by atoms with Crippen molar-refractivity contribution in [3.8, 4) is 0 Å². The standard InChI is InChI=1S/C45H85NO13/c1-3-5-7-9-11-13-14-15-16-17-18-19-20-21-23-25-27-29-37(50)46-33(34(49)28-26-24-22-12-10-8-6-4-2)32-56-44-42(55)40(53)43(36(31-48)58-44)59-45-41(54)39(52)38(51)35(30-47)57-45/h15-16,33-36,38-45,47-49,51-55H,3-14,17-32H2,1-2H3,(H,46,50)/b16-15-. The molecule has 2 saturated heterocycles. The summed E-state index contributed by atoms with van der Waals surface area (Å²) < 4.78 is 22.6. The zero-order valence-corrected chi connectivity index (χ0v) is 36.5. The average Bonchev–Trinajstić information content (AvgIpc) is 3.23. The molecule has 12 atom stereocenters. The van der Waals surface area contributed by atoms with Crippen molar-refractivity contribution in [2.75, 3.05) is 19.8 Å². The maximum absolute atomic E-state index is 13.1. The number of aliphatic hydroxyl groups excluding tert-OH is 8. The van der Waals surface area contributed by atoms with E-state index in [2.05, 4.69) is 31.3 Å². The number of hydrogen-bond acceptors (Lipinski definition) is 13. The fourth-order valence-corrected chi connectivity index (χ4v) is 7.82. The van der Waals surface area contributed by atoms with Gasteiger partial charge in [0.05, 0.1) is 32.0 Å². The van der Waals surface area contributed by atoms with Gasteiger partial charge < -0.3 is 65.1 Å². The largest absolute Gasteiger partial charge is 0.394 e. The van der Waals surface area contributed by atoms with Gasteiger partial charge in [-0.3, -0.25) is 4.79 Å². The Bertz CT molecular complexity index is 1050. The lowest BCUT2D eigenvalue weighted by Crippen LogP contribution is -2.65. The monoisotopic (exact) mass is 848 g/mol. The van der Waals surface area contributed by atoms with Crippen molar-refractivity contribution >= 4 is 5.91 Å². The molecule has 12 unspecified atom stereocenters. The van der Waals surface area contributed by atoms with Crippen molar-refractivity contribution in [3.05, 3.63) is 12.2 Å². The molecule has 0 spiro atoms. The lowest BCUT2D eigenvalue weighted by atomic mass is 9.97. The highest BCUT2D eigenvalue weighted by molar-refractivity contribution is 5.76. The molecule has 2 aliphatic rings. The van der Waals surface area contributed by atoms with Crippen molar-refractivity contribution in [2.45, 2.75) is 248 Å². The molecule has 9 N–H and O–H groups in total. The molecule has 2 fully saturated rings. The second kappa shape index (κ2) is 33.3. The molecule has 2 heterocycles. The third-order valence-corrected chi connectivity index (χ3v) is 11.7. The van der Waals surface area contributed by atoms with Crippen molar-refractivity contribution in [3.63, 3.8) is 0 Å². The van der Waals surface area contributed by atoms with Crippen LogP contribution in [-0.2, 0) is 23.7 Å². The van der Waals surface area contributed by atoms with Crippen LogP contribution >= 0.6 is 0 Å². The second-order valence-electron chi connectivity index (χ2n) is 16.9. The summed E-state index contributed by atoms with van der Waals surface area (Å²) in [6.07, 6.45) is 15.2. The molecular weight excluding hydrogens is 762 g/mol. The molecule has 0 aromatic carbocycles. The number of carbonyl (C=O) groups excluding carboxylic acids is 1. The molecule has 0 aromatic rings. The van der Waals surface area contributed by atoms with Crippen LogP contribution in [-0.4, -0.2) is 140 Å². The summed E-state index contributed by atoms with van der Waals surface area (Å²) in [6.45, 7) is 2.79. The number of carbonyl (C=O) groups is 1. The molecule has 0 radical (unpaired) electrons. The SMILES string of the molecule is CCCCCCCC/C=C\CCCCCCCCCC(=O)NC(COC1OC(CO)C(OC2OC(CO)C(O)C(O)C2O)C(O)C1O)C(O)CCCCCCCCCC. The van der Waals surface area contributed by atoms with Gasteiger partial charge in [-0.1, -0.05) is 142 Å². The summed E-state index contributed by atoms with van der Waals surface area (Å²) in [5.74, 6) is -0.215. The van der Waals surface area contributed by atoms with Gasteiger partial charge >= 0.3 is 0 Å².